The van der Waals surface area contributed by atoms with Gasteiger partial charge in [0.1, 0.15) is 35.5 Å². The van der Waals surface area contributed by atoms with Crippen LogP contribution >= 0.6 is 34.6 Å². The first kappa shape index (κ1) is 26.5. The molecule has 1 fully saturated rings. The summed E-state index contributed by atoms with van der Waals surface area (Å²) in [6.07, 6.45) is 3.59. The van der Waals surface area contributed by atoms with Gasteiger partial charge in [-0.2, -0.15) is 13.8 Å². The SMILES string of the molecule is NC(=O)Cc1csc2c[n+](CC3=C(C(=O)O)N4C(=O)[C@@H](NC(=O)/C(=N\OCF)c5nsc(N)n5)[C@H]4SC3)cn12. The zero-order valence-electron chi connectivity index (χ0n) is 19.6. The van der Waals surface area contributed by atoms with E-state index >= 15 is 0 Å². The van der Waals surface area contributed by atoms with Gasteiger partial charge in [-0.3, -0.25) is 19.3 Å². The van der Waals surface area contributed by atoms with Gasteiger partial charge in [-0.1, -0.05) is 16.5 Å². The zero-order chi connectivity index (χ0) is 27.8. The zero-order valence-corrected chi connectivity index (χ0v) is 22.1. The highest BCUT2D eigenvalue weighted by Gasteiger charge is 2.54. The Hall–Kier alpha value is -4.10. The van der Waals surface area contributed by atoms with Crippen molar-refractivity contribution in [3.05, 3.63) is 40.7 Å². The van der Waals surface area contributed by atoms with Crippen LogP contribution in [0.2, 0.25) is 0 Å². The molecule has 0 bridgehead atoms. The van der Waals surface area contributed by atoms with E-state index in [0.29, 0.717) is 11.3 Å². The van der Waals surface area contributed by atoms with Crippen molar-refractivity contribution in [2.75, 3.05) is 18.3 Å². The molecule has 19 heteroatoms. The second kappa shape index (κ2) is 10.6. The van der Waals surface area contributed by atoms with Crippen molar-refractivity contribution in [1.82, 2.24) is 24.0 Å². The molecule has 3 amide bonds. The molecule has 3 aromatic rings. The first-order valence-corrected chi connectivity index (χ1v) is 13.7. The second-order valence-corrected chi connectivity index (χ2v) is 11.0. The monoisotopic (exact) mass is 596 g/mol. The van der Waals surface area contributed by atoms with Crippen LogP contribution in [0.15, 0.2) is 34.3 Å². The summed E-state index contributed by atoms with van der Waals surface area (Å²) in [7, 11) is 0. The van der Waals surface area contributed by atoms with Crippen LogP contribution in [0.4, 0.5) is 9.52 Å². The molecule has 0 unspecified atom stereocenters. The topological polar surface area (TPSA) is 211 Å². The van der Waals surface area contributed by atoms with Crippen LogP contribution in [0.3, 0.4) is 0 Å². The quantitative estimate of drug-likeness (QED) is 0.0954. The van der Waals surface area contributed by atoms with E-state index in [1.165, 1.54) is 23.1 Å². The van der Waals surface area contributed by atoms with Gasteiger partial charge in [0.2, 0.25) is 28.6 Å². The van der Waals surface area contributed by atoms with Crippen molar-refractivity contribution in [2.24, 2.45) is 10.9 Å². The van der Waals surface area contributed by atoms with E-state index in [0.717, 1.165) is 21.3 Å². The fourth-order valence-electron chi connectivity index (χ4n) is 4.16. The molecular weight excluding hydrogens is 577 g/mol. The molecule has 0 spiro atoms. The number of primary amides is 1. The van der Waals surface area contributed by atoms with Gasteiger partial charge >= 0.3 is 5.97 Å². The van der Waals surface area contributed by atoms with Crippen LogP contribution in [0.5, 0.6) is 0 Å². The lowest BCUT2D eigenvalue weighted by Crippen LogP contribution is -2.71. The maximum absolute atomic E-state index is 13.0. The van der Waals surface area contributed by atoms with E-state index in [4.69, 9.17) is 11.5 Å². The number of nitrogens with one attached hydrogen (secondary N) is 1. The molecule has 0 saturated carbocycles. The molecule has 2 aliphatic heterocycles. The lowest BCUT2D eigenvalue weighted by molar-refractivity contribution is -0.687. The number of nitrogen functional groups attached to an aromatic ring is 1. The molecule has 5 rings (SSSR count). The number of aromatic nitrogens is 4. The van der Waals surface area contributed by atoms with E-state index in [1.54, 1.807) is 21.5 Å². The lowest BCUT2D eigenvalue weighted by Gasteiger charge is -2.49. The molecule has 3 aromatic heterocycles. The summed E-state index contributed by atoms with van der Waals surface area (Å²) in [4.78, 5) is 59.6. The third-order valence-corrected chi connectivity index (χ3v) is 8.56. The summed E-state index contributed by atoms with van der Waals surface area (Å²) in [5, 5.41) is 17.0. The number of imidazole rings is 1. The molecule has 204 valence electrons. The minimum absolute atomic E-state index is 0.0354. The number of β-lactam (4-membered cyclic amide) rings is 1. The number of hydrogen-bond acceptors (Lipinski definition) is 12. The Morgan fingerprint density at radius 1 is 1.38 bits per heavy atom. The van der Waals surface area contributed by atoms with Crippen LogP contribution in [-0.4, -0.2) is 77.2 Å². The summed E-state index contributed by atoms with van der Waals surface area (Å²) in [6, 6.07) is -1.08. The molecule has 2 aliphatic rings. The number of alkyl halides is 1. The Balaban J connectivity index is 1.34. The van der Waals surface area contributed by atoms with Gasteiger partial charge in [-0.25, -0.2) is 13.8 Å². The number of amides is 3. The number of anilines is 1. The first-order valence-electron chi connectivity index (χ1n) is 11.0. The van der Waals surface area contributed by atoms with Gasteiger partial charge < -0.3 is 26.7 Å². The maximum Gasteiger partial charge on any atom is 0.352 e. The standard InChI is InChI=1S/C20H18FN9O6S3/c21-6-36-26-12(15-25-20(23)39-27-15)16(32)24-13-17(33)30-14(19(34)35)8(4-38-18(13)30)2-28-3-11-29(7-28)9(5-37-11)1-10(22)31/h3,5,7,13,18H,1-2,4,6H2,(H5-,22,23,24,25,27,31,32,34,35)/p+1/b26-12-/t13-,18-/m1/s1. The fraction of sp³-hybridized carbons (Fsp3) is 0.300. The summed E-state index contributed by atoms with van der Waals surface area (Å²) in [5.74, 6) is -3.26. The van der Waals surface area contributed by atoms with Crippen LogP contribution < -0.4 is 21.4 Å². The minimum Gasteiger partial charge on any atom is -0.477 e. The number of thioether (sulfide) groups is 1. The van der Waals surface area contributed by atoms with E-state index in [9.17, 15) is 28.7 Å². The molecule has 15 nitrogen and oxygen atoms in total. The number of rotatable bonds is 10. The molecular formula is C20H19FN9O6S3+. The molecule has 5 heterocycles. The first-order chi connectivity index (χ1) is 18.7. The molecule has 6 N–H and O–H groups in total. The number of halogens is 1. The minimum atomic E-state index is -1.31. The molecule has 39 heavy (non-hydrogen) atoms. The Morgan fingerprint density at radius 2 is 2.18 bits per heavy atom. The smallest absolute Gasteiger partial charge is 0.352 e. The Kier molecular flexibility index (Phi) is 7.19. The molecule has 1 saturated heterocycles. The number of carbonyl (C=O) groups is 4. The molecule has 0 radical (unpaired) electrons. The molecule has 0 aromatic carbocycles. The average Bonchev–Trinajstić information content (AvgIpc) is 3.59. The predicted octanol–water partition coefficient (Wildman–Crippen LogP) is -1.16. The van der Waals surface area contributed by atoms with E-state index in [-0.39, 0.29) is 35.4 Å². The highest BCUT2D eigenvalue weighted by atomic mass is 32.2. The van der Waals surface area contributed by atoms with Crippen LogP contribution in [-0.2, 0) is 37.0 Å². The number of oxime groups is 1. The van der Waals surface area contributed by atoms with E-state index < -0.39 is 47.7 Å². The van der Waals surface area contributed by atoms with Crippen molar-refractivity contribution >= 4 is 74.0 Å². The summed E-state index contributed by atoms with van der Waals surface area (Å²) in [5.41, 5.74) is 11.4. The number of nitrogens with two attached hydrogens (primary N) is 2. The number of fused-ring (bicyclic) bond motifs is 2. The summed E-state index contributed by atoms with van der Waals surface area (Å²) < 4.78 is 19.9. The van der Waals surface area contributed by atoms with Crippen LogP contribution in [0.25, 0.3) is 4.83 Å². The number of carboxylic acid groups (broad SMARTS) is 1. The highest BCUT2D eigenvalue weighted by molar-refractivity contribution is 8.00. The average molecular weight is 597 g/mol. The number of carboxylic acids is 1. The maximum atomic E-state index is 13.0. The predicted molar refractivity (Wildman–Crippen MR) is 136 cm³/mol. The van der Waals surface area contributed by atoms with Crippen molar-refractivity contribution in [1.29, 1.82) is 0 Å². The normalized spacial score (nSPS) is 19.2. The molecule has 0 aliphatic carbocycles. The Bertz CT molecular complexity index is 1560. The summed E-state index contributed by atoms with van der Waals surface area (Å²) in [6.45, 7) is -1.13. The Labute approximate surface area is 230 Å². The lowest BCUT2D eigenvalue weighted by atomic mass is 10.0. The number of aliphatic carboxylic acids is 1. The van der Waals surface area contributed by atoms with Crippen LogP contribution in [0, 0.1) is 0 Å². The third kappa shape index (κ3) is 5.02. The van der Waals surface area contributed by atoms with Gasteiger partial charge in [-0.15, -0.1) is 11.8 Å². The van der Waals surface area contributed by atoms with Gasteiger partial charge in [0.25, 0.3) is 18.7 Å². The van der Waals surface area contributed by atoms with Gasteiger partial charge in [-0.05, 0) is 0 Å². The number of carbonyl (C=O) groups excluding carboxylic acids is 3. The van der Waals surface area contributed by atoms with Gasteiger partial charge in [0, 0.05) is 28.2 Å². The van der Waals surface area contributed by atoms with Crippen molar-refractivity contribution < 1.29 is 38.1 Å². The van der Waals surface area contributed by atoms with E-state index in [1.807, 2.05) is 5.38 Å². The second-order valence-electron chi connectivity index (χ2n) is 8.25. The van der Waals surface area contributed by atoms with Crippen LogP contribution in [0.1, 0.15) is 11.5 Å². The van der Waals surface area contributed by atoms with E-state index in [2.05, 4.69) is 24.7 Å². The van der Waals surface area contributed by atoms with Crippen molar-refractivity contribution in [2.45, 2.75) is 24.4 Å². The van der Waals surface area contributed by atoms with Crippen molar-refractivity contribution in [3.8, 4) is 0 Å². The highest BCUT2D eigenvalue weighted by Crippen LogP contribution is 2.40. The van der Waals surface area contributed by atoms with Gasteiger partial charge in [0.05, 0.1) is 6.42 Å². The fourth-order valence-corrected chi connectivity index (χ4v) is 6.86. The number of thiazole rings is 1. The largest absolute Gasteiger partial charge is 0.477 e. The number of nitrogens with zero attached hydrogens (tertiary/aromatic N) is 6. The summed E-state index contributed by atoms with van der Waals surface area (Å²) >= 11 is 3.47. The van der Waals surface area contributed by atoms with Crippen molar-refractivity contribution in [3.63, 3.8) is 0 Å². The van der Waals surface area contributed by atoms with Gasteiger partial charge in [0.15, 0.2) is 5.13 Å². The molecule has 2 atom stereocenters. The third-order valence-electron chi connectivity index (χ3n) is 5.74. The Morgan fingerprint density at radius 3 is 2.85 bits per heavy atom. The number of hydrogen-bond donors (Lipinski definition) is 4.